The third kappa shape index (κ3) is 3.86. The predicted octanol–water partition coefficient (Wildman–Crippen LogP) is 6.10. The molecule has 0 unspecified atom stereocenters. The van der Waals surface area contributed by atoms with Gasteiger partial charge in [0.2, 0.25) is 5.91 Å². The number of nitrogens with one attached hydrogen (secondary N) is 2. The number of fused-ring (bicyclic) bond motifs is 3. The summed E-state index contributed by atoms with van der Waals surface area (Å²) < 4.78 is 0. The summed E-state index contributed by atoms with van der Waals surface area (Å²) in [5.41, 5.74) is 7.06. The Morgan fingerprint density at radius 1 is 0.900 bits per heavy atom. The van der Waals surface area contributed by atoms with Crippen molar-refractivity contribution in [1.29, 1.82) is 0 Å². The lowest BCUT2D eigenvalue weighted by Crippen LogP contribution is -2.13. The largest absolute Gasteiger partial charge is 0.354 e. The zero-order valence-corrected chi connectivity index (χ0v) is 17.6. The van der Waals surface area contributed by atoms with E-state index in [-0.39, 0.29) is 24.5 Å². The van der Waals surface area contributed by atoms with E-state index in [0.29, 0.717) is 5.56 Å². The fraction of sp³-hybridized carbons (Fsp3) is 0.231. The summed E-state index contributed by atoms with van der Waals surface area (Å²) >= 11 is 0. The molecule has 0 spiro atoms. The number of anilines is 1. The van der Waals surface area contributed by atoms with Crippen LogP contribution in [0.4, 0.5) is 5.69 Å². The van der Waals surface area contributed by atoms with Crippen LogP contribution in [-0.2, 0) is 11.2 Å². The number of amides is 1. The first-order valence-electron chi connectivity index (χ1n) is 10.4. The van der Waals surface area contributed by atoms with E-state index >= 15 is 0 Å². The Kier molecular flexibility index (Phi) is 5.40. The van der Waals surface area contributed by atoms with Gasteiger partial charge in [-0.05, 0) is 55.2 Å². The number of ketones is 1. The molecule has 4 nitrogen and oxygen atoms in total. The Morgan fingerprint density at radius 2 is 1.73 bits per heavy atom. The van der Waals surface area contributed by atoms with Crippen molar-refractivity contribution in [1.82, 2.24) is 4.98 Å². The average molecular weight is 399 g/mol. The van der Waals surface area contributed by atoms with Gasteiger partial charge in [-0.25, -0.2) is 0 Å². The van der Waals surface area contributed by atoms with Gasteiger partial charge in [-0.2, -0.15) is 0 Å². The van der Waals surface area contributed by atoms with Crippen LogP contribution in [0.2, 0.25) is 0 Å². The zero-order chi connectivity index (χ0) is 21.3. The van der Waals surface area contributed by atoms with E-state index in [4.69, 9.17) is 0 Å². The molecular weight excluding hydrogens is 372 g/mol. The van der Waals surface area contributed by atoms with Crippen molar-refractivity contribution in [3.63, 3.8) is 0 Å². The number of H-pyrrole nitrogens is 1. The molecule has 3 aromatic carbocycles. The van der Waals surface area contributed by atoms with E-state index in [9.17, 15) is 9.59 Å². The highest BCUT2D eigenvalue weighted by Gasteiger charge is 2.12. The first-order chi connectivity index (χ1) is 14.5. The molecule has 4 aromatic rings. The van der Waals surface area contributed by atoms with E-state index in [0.717, 1.165) is 39.7 Å². The number of hydrogen-bond donors (Lipinski definition) is 2. The summed E-state index contributed by atoms with van der Waals surface area (Å²) in [5.74, 6) is -0.164. The number of para-hydroxylation sites is 1. The van der Waals surface area contributed by atoms with Gasteiger partial charge in [0.15, 0.2) is 5.78 Å². The third-order valence-electron chi connectivity index (χ3n) is 5.79. The number of aryl methyl sites for hydroxylation is 3. The maximum absolute atomic E-state index is 12.4. The van der Waals surface area contributed by atoms with Gasteiger partial charge in [0.25, 0.3) is 0 Å². The van der Waals surface area contributed by atoms with E-state index in [2.05, 4.69) is 35.4 Å². The topological polar surface area (TPSA) is 62.0 Å². The lowest BCUT2D eigenvalue weighted by Gasteiger charge is -2.07. The minimum Gasteiger partial charge on any atom is -0.354 e. The Labute approximate surface area is 176 Å². The number of rotatable bonds is 6. The maximum Gasteiger partial charge on any atom is 0.224 e. The zero-order valence-electron chi connectivity index (χ0n) is 17.6. The van der Waals surface area contributed by atoms with Crippen LogP contribution in [0, 0.1) is 13.8 Å². The molecule has 2 N–H and O–H groups in total. The van der Waals surface area contributed by atoms with Gasteiger partial charge in [0.1, 0.15) is 0 Å². The van der Waals surface area contributed by atoms with Gasteiger partial charge in [-0.3, -0.25) is 9.59 Å². The molecule has 152 valence electrons. The number of aromatic nitrogens is 1. The maximum atomic E-state index is 12.4. The van der Waals surface area contributed by atoms with Crippen LogP contribution in [0.1, 0.15) is 46.8 Å². The van der Waals surface area contributed by atoms with Crippen LogP contribution < -0.4 is 5.32 Å². The van der Waals surface area contributed by atoms with Crippen molar-refractivity contribution < 1.29 is 9.59 Å². The number of Topliss-reactive ketones (excluding diaryl/α,β-unsaturated/α-hetero) is 1. The molecule has 4 heteroatoms. The number of aromatic amines is 1. The molecule has 0 aliphatic heterocycles. The van der Waals surface area contributed by atoms with Crippen molar-refractivity contribution in [3.8, 4) is 0 Å². The average Bonchev–Trinajstić information content (AvgIpc) is 3.11. The lowest BCUT2D eigenvalue weighted by molar-refractivity contribution is -0.116. The number of carbonyl (C=O) groups is 2. The Balaban J connectivity index is 1.45. The highest BCUT2D eigenvalue weighted by atomic mass is 16.2. The van der Waals surface area contributed by atoms with Crippen molar-refractivity contribution in [3.05, 3.63) is 76.9 Å². The lowest BCUT2D eigenvalue weighted by atomic mass is 10.0. The summed E-state index contributed by atoms with van der Waals surface area (Å²) in [4.78, 5) is 28.3. The molecular formula is C26H26N2O2. The molecule has 0 aliphatic carbocycles. The van der Waals surface area contributed by atoms with Crippen molar-refractivity contribution in [2.45, 2.75) is 40.0 Å². The summed E-state index contributed by atoms with van der Waals surface area (Å²) in [6, 6.07) is 17.9. The van der Waals surface area contributed by atoms with Gasteiger partial charge < -0.3 is 10.3 Å². The van der Waals surface area contributed by atoms with E-state index in [1.54, 1.807) is 0 Å². The second-order valence-electron chi connectivity index (χ2n) is 7.85. The molecule has 1 heterocycles. The molecule has 1 amide bonds. The van der Waals surface area contributed by atoms with Crippen LogP contribution >= 0.6 is 0 Å². The van der Waals surface area contributed by atoms with Crippen molar-refractivity contribution in [2.24, 2.45) is 0 Å². The molecule has 1 aromatic heterocycles. The van der Waals surface area contributed by atoms with Gasteiger partial charge in [0.05, 0.1) is 0 Å². The minimum atomic E-state index is -0.156. The smallest absolute Gasteiger partial charge is 0.224 e. The van der Waals surface area contributed by atoms with Crippen LogP contribution in [0.25, 0.3) is 21.8 Å². The molecule has 0 atom stereocenters. The highest BCUT2D eigenvalue weighted by Crippen LogP contribution is 2.29. The SMILES string of the molecule is CCc1cccc2c1[nH]c1cc(NC(=O)CCC(=O)c3ccc(C)c(C)c3)ccc12. The van der Waals surface area contributed by atoms with Crippen molar-refractivity contribution >= 4 is 39.2 Å². The third-order valence-corrected chi connectivity index (χ3v) is 5.79. The molecule has 0 aliphatic rings. The van der Waals surface area contributed by atoms with Crippen LogP contribution in [0.3, 0.4) is 0 Å². The Hall–Kier alpha value is -3.40. The van der Waals surface area contributed by atoms with E-state index < -0.39 is 0 Å². The molecule has 4 rings (SSSR count). The fourth-order valence-electron chi connectivity index (χ4n) is 3.87. The molecule has 0 fully saturated rings. The monoisotopic (exact) mass is 398 g/mol. The minimum absolute atomic E-state index is 0.00795. The summed E-state index contributed by atoms with van der Waals surface area (Å²) in [7, 11) is 0. The van der Waals surface area contributed by atoms with Gasteiger partial charge >= 0.3 is 0 Å². The van der Waals surface area contributed by atoms with Gasteiger partial charge in [0, 0.05) is 45.9 Å². The fourth-order valence-corrected chi connectivity index (χ4v) is 3.87. The summed E-state index contributed by atoms with van der Waals surface area (Å²) in [6.45, 7) is 6.15. The highest BCUT2D eigenvalue weighted by molar-refractivity contribution is 6.09. The molecule has 0 radical (unpaired) electrons. The molecule has 30 heavy (non-hydrogen) atoms. The summed E-state index contributed by atoms with van der Waals surface area (Å²) in [6.07, 6.45) is 1.32. The van der Waals surface area contributed by atoms with Crippen LogP contribution in [-0.4, -0.2) is 16.7 Å². The molecule has 0 bridgehead atoms. The second kappa shape index (κ2) is 8.15. The summed E-state index contributed by atoms with van der Waals surface area (Å²) in [5, 5.41) is 5.26. The quantitative estimate of drug-likeness (QED) is 0.385. The second-order valence-corrected chi connectivity index (χ2v) is 7.85. The van der Waals surface area contributed by atoms with Crippen LogP contribution in [0.15, 0.2) is 54.6 Å². The standard InChI is InChI=1S/C26H26N2O2/c1-4-18-6-5-7-22-21-11-10-20(15-23(21)28-26(18)22)27-25(30)13-12-24(29)19-9-8-16(2)17(3)14-19/h5-11,14-15,28H,4,12-13H2,1-3H3,(H,27,30). The van der Waals surface area contributed by atoms with Gasteiger partial charge in [-0.15, -0.1) is 0 Å². The first-order valence-corrected chi connectivity index (χ1v) is 10.4. The Morgan fingerprint density at radius 3 is 2.50 bits per heavy atom. The number of hydrogen-bond acceptors (Lipinski definition) is 2. The normalized spacial score (nSPS) is 11.2. The predicted molar refractivity (Wildman–Crippen MR) is 123 cm³/mol. The van der Waals surface area contributed by atoms with Crippen molar-refractivity contribution in [2.75, 3.05) is 5.32 Å². The molecule has 0 saturated heterocycles. The number of benzene rings is 3. The Bertz CT molecular complexity index is 1270. The van der Waals surface area contributed by atoms with E-state index in [1.807, 2.05) is 50.2 Å². The first kappa shape index (κ1) is 19.9. The van der Waals surface area contributed by atoms with E-state index in [1.165, 1.54) is 10.9 Å². The molecule has 0 saturated carbocycles. The van der Waals surface area contributed by atoms with Crippen LogP contribution in [0.5, 0.6) is 0 Å². The van der Waals surface area contributed by atoms with Gasteiger partial charge in [-0.1, -0.05) is 43.3 Å². The number of carbonyl (C=O) groups excluding carboxylic acids is 2.